The van der Waals surface area contributed by atoms with E-state index in [1.807, 2.05) is 13.0 Å². The first-order valence-electron chi connectivity index (χ1n) is 6.45. The molecule has 1 aliphatic rings. The highest BCUT2D eigenvalue weighted by Crippen LogP contribution is 2.12. The predicted octanol–water partition coefficient (Wildman–Crippen LogP) is 1.04. The lowest BCUT2D eigenvalue weighted by Gasteiger charge is -2.26. The van der Waals surface area contributed by atoms with E-state index in [1.165, 1.54) is 18.9 Å². The normalized spacial score (nSPS) is 17.8. The Bertz CT molecular complexity index is 248. The van der Waals surface area contributed by atoms with Gasteiger partial charge in [-0.25, -0.2) is 4.79 Å². The number of carbonyl (C=O) groups is 1. The number of hydrogen-bond acceptors (Lipinski definition) is 4. The second-order valence-corrected chi connectivity index (χ2v) is 4.57. The maximum Gasteiger partial charge on any atom is 0.330 e. The monoisotopic (exact) mass is 240 g/mol. The summed E-state index contributed by atoms with van der Waals surface area (Å²) >= 11 is 0. The number of piperidine rings is 1. The maximum atomic E-state index is 11.1. The Morgan fingerprint density at radius 2 is 2.18 bits per heavy atom. The Labute approximate surface area is 104 Å². The summed E-state index contributed by atoms with van der Waals surface area (Å²) in [6.45, 7) is 6.44. The number of carbonyl (C=O) groups excluding carboxylic acids is 1. The van der Waals surface area contributed by atoms with Crippen LogP contribution in [0.2, 0.25) is 0 Å². The van der Waals surface area contributed by atoms with E-state index >= 15 is 0 Å². The Balaban J connectivity index is 2.15. The molecule has 4 heteroatoms. The van der Waals surface area contributed by atoms with E-state index in [-0.39, 0.29) is 5.97 Å². The summed E-state index contributed by atoms with van der Waals surface area (Å²) in [5.41, 5.74) is 0. The molecule has 0 radical (unpaired) electrons. The Hall–Kier alpha value is -0.870. The van der Waals surface area contributed by atoms with E-state index in [1.54, 1.807) is 0 Å². The molecule has 0 aromatic heterocycles. The zero-order valence-corrected chi connectivity index (χ0v) is 10.9. The molecule has 1 rings (SSSR count). The van der Waals surface area contributed by atoms with Crippen molar-refractivity contribution in [1.29, 1.82) is 0 Å². The van der Waals surface area contributed by atoms with Gasteiger partial charge in [-0.15, -0.1) is 0 Å². The van der Waals surface area contributed by atoms with Gasteiger partial charge >= 0.3 is 5.97 Å². The molecule has 0 aliphatic carbocycles. The molecule has 0 aromatic carbocycles. The van der Waals surface area contributed by atoms with Crippen molar-refractivity contribution >= 4 is 5.97 Å². The number of nitrogens with zero attached hydrogens (tertiary/aromatic N) is 1. The number of rotatable bonds is 6. The molecule has 0 aromatic rings. The van der Waals surface area contributed by atoms with Crippen LogP contribution in [0.25, 0.3) is 0 Å². The minimum Gasteiger partial charge on any atom is -0.463 e. The third kappa shape index (κ3) is 6.44. The fourth-order valence-corrected chi connectivity index (χ4v) is 2.10. The summed E-state index contributed by atoms with van der Waals surface area (Å²) in [6, 6.07) is 0. The van der Waals surface area contributed by atoms with Gasteiger partial charge in [0.25, 0.3) is 0 Å². The summed E-state index contributed by atoms with van der Waals surface area (Å²) < 4.78 is 4.82. The Morgan fingerprint density at radius 1 is 1.47 bits per heavy atom. The van der Waals surface area contributed by atoms with E-state index in [9.17, 15) is 4.79 Å². The van der Waals surface area contributed by atoms with E-state index in [0.29, 0.717) is 6.61 Å². The number of esters is 1. The number of likely N-dealkylation sites (N-methyl/N-ethyl adjacent to an activating group) is 1. The summed E-state index contributed by atoms with van der Waals surface area (Å²) in [5, 5.41) is 3.37. The first kappa shape index (κ1) is 14.2. The molecule has 0 spiro atoms. The molecule has 1 N–H and O–H groups in total. The van der Waals surface area contributed by atoms with Crippen molar-refractivity contribution in [3.05, 3.63) is 12.2 Å². The molecule has 1 saturated heterocycles. The van der Waals surface area contributed by atoms with Crippen LogP contribution in [-0.4, -0.2) is 50.7 Å². The summed E-state index contributed by atoms with van der Waals surface area (Å²) in [5.74, 6) is 0.542. The lowest BCUT2D eigenvalue weighted by molar-refractivity contribution is -0.137. The van der Waals surface area contributed by atoms with Crippen LogP contribution < -0.4 is 5.32 Å². The average Bonchev–Trinajstić information content (AvgIpc) is 2.30. The fraction of sp³-hybridized carbons (Fsp3) is 0.769. The van der Waals surface area contributed by atoms with Gasteiger partial charge in [0.05, 0.1) is 6.61 Å². The minimum absolute atomic E-state index is 0.247. The SMILES string of the molecule is CCOC(=O)/C=C/CN(C)CC1CCNCC1. The van der Waals surface area contributed by atoms with Gasteiger partial charge in [0, 0.05) is 19.2 Å². The molecule has 1 aliphatic heterocycles. The highest BCUT2D eigenvalue weighted by Gasteiger charge is 2.14. The summed E-state index contributed by atoms with van der Waals surface area (Å²) in [7, 11) is 2.09. The van der Waals surface area contributed by atoms with Gasteiger partial charge in [0.2, 0.25) is 0 Å². The molecule has 0 amide bonds. The van der Waals surface area contributed by atoms with Crippen molar-refractivity contribution in [3.63, 3.8) is 0 Å². The molecule has 4 nitrogen and oxygen atoms in total. The first-order chi connectivity index (χ1) is 8.22. The zero-order valence-electron chi connectivity index (χ0n) is 10.9. The van der Waals surface area contributed by atoms with Crippen LogP contribution in [0.5, 0.6) is 0 Å². The number of ether oxygens (including phenoxy) is 1. The van der Waals surface area contributed by atoms with Crippen molar-refractivity contribution in [3.8, 4) is 0 Å². The largest absolute Gasteiger partial charge is 0.463 e. The highest BCUT2D eigenvalue weighted by atomic mass is 16.5. The van der Waals surface area contributed by atoms with Crippen molar-refractivity contribution < 1.29 is 9.53 Å². The van der Waals surface area contributed by atoms with Gasteiger partial charge < -0.3 is 15.0 Å². The van der Waals surface area contributed by atoms with E-state index in [0.717, 1.165) is 32.1 Å². The smallest absolute Gasteiger partial charge is 0.330 e. The van der Waals surface area contributed by atoms with Crippen molar-refractivity contribution in [1.82, 2.24) is 10.2 Å². The van der Waals surface area contributed by atoms with Gasteiger partial charge in [-0.2, -0.15) is 0 Å². The fourth-order valence-electron chi connectivity index (χ4n) is 2.10. The molecule has 1 fully saturated rings. The van der Waals surface area contributed by atoms with Crippen molar-refractivity contribution in [2.75, 3.05) is 39.8 Å². The minimum atomic E-state index is -0.247. The molecule has 98 valence electrons. The second kappa shape index (κ2) is 8.25. The number of nitrogens with one attached hydrogen (secondary N) is 1. The van der Waals surface area contributed by atoms with E-state index in [4.69, 9.17) is 4.74 Å². The first-order valence-corrected chi connectivity index (χ1v) is 6.45. The van der Waals surface area contributed by atoms with Crippen molar-refractivity contribution in [2.24, 2.45) is 5.92 Å². The van der Waals surface area contributed by atoms with Gasteiger partial charge in [-0.3, -0.25) is 0 Å². The van der Waals surface area contributed by atoms with Crippen LogP contribution in [0, 0.1) is 5.92 Å². The van der Waals surface area contributed by atoms with Gasteiger partial charge in [0.1, 0.15) is 0 Å². The molecule has 0 bridgehead atoms. The highest BCUT2D eigenvalue weighted by molar-refractivity contribution is 5.81. The molecule has 1 heterocycles. The quantitative estimate of drug-likeness (QED) is 0.556. The third-order valence-electron chi connectivity index (χ3n) is 2.99. The second-order valence-electron chi connectivity index (χ2n) is 4.57. The Morgan fingerprint density at radius 3 is 2.82 bits per heavy atom. The van der Waals surface area contributed by atoms with Crippen molar-refractivity contribution in [2.45, 2.75) is 19.8 Å². The number of hydrogen-bond donors (Lipinski definition) is 1. The molecular weight excluding hydrogens is 216 g/mol. The van der Waals surface area contributed by atoms with Crippen LogP contribution in [0.4, 0.5) is 0 Å². The molecular formula is C13H24N2O2. The lowest BCUT2D eigenvalue weighted by Crippen LogP contribution is -2.34. The summed E-state index contributed by atoms with van der Waals surface area (Å²) in [6.07, 6.45) is 5.90. The average molecular weight is 240 g/mol. The molecule has 0 saturated carbocycles. The standard InChI is InChI=1S/C13H24N2O2/c1-3-17-13(16)5-4-10-15(2)11-12-6-8-14-9-7-12/h4-5,12,14H,3,6-11H2,1-2H3/b5-4+. The topological polar surface area (TPSA) is 41.6 Å². The van der Waals surface area contributed by atoms with Gasteiger partial charge in [0.15, 0.2) is 0 Å². The maximum absolute atomic E-state index is 11.1. The Kier molecular flexibility index (Phi) is 6.89. The van der Waals surface area contributed by atoms with Crippen LogP contribution in [-0.2, 0) is 9.53 Å². The molecule has 0 unspecified atom stereocenters. The van der Waals surface area contributed by atoms with Crippen LogP contribution >= 0.6 is 0 Å². The molecule has 0 atom stereocenters. The van der Waals surface area contributed by atoms with Crippen LogP contribution in [0.3, 0.4) is 0 Å². The van der Waals surface area contributed by atoms with Crippen LogP contribution in [0.1, 0.15) is 19.8 Å². The lowest BCUT2D eigenvalue weighted by atomic mass is 9.98. The predicted molar refractivity (Wildman–Crippen MR) is 68.9 cm³/mol. The molecule has 17 heavy (non-hydrogen) atoms. The van der Waals surface area contributed by atoms with Gasteiger partial charge in [-0.05, 0) is 45.8 Å². The van der Waals surface area contributed by atoms with Gasteiger partial charge in [-0.1, -0.05) is 6.08 Å². The van der Waals surface area contributed by atoms with Crippen LogP contribution in [0.15, 0.2) is 12.2 Å². The van der Waals surface area contributed by atoms with E-state index in [2.05, 4.69) is 17.3 Å². The summed E-state index contributed by atoms with van der Waals surface area (Å²) in [4.78, 5) is 13.3. The van der Waals surface area contributed by atoms with E-state index < -0.39 is 0 Å². The third-order valence-corrected chi connectivity index (χ3v) is 2.99. The zero-order chi connectivity index (χ0) is 12.5.